The van der Waals surface area contributed by atoms with E-state index < -0.39 is 0 Å². The maximum Gasteiger partial charge on any atom is 0.234 e. The van der Waals surface area contributed by atoms with E-state index >= 15 is 0 Å². The smallest absolute Gasteiger partial charge is 0.234 e. The molecule has 2 heterocycles. The molecule has 0 fully saturated rings. The highest BCUT2D eigenvalue weighted by Crippen LogP contribution is 2.41. The van der Waals surface area contributed by atoms with Crippen LogP contribution in [-0.4, -0.2) is 38.1 Å². The molecule has 0 bridgehead atoms. The van der Waals surface area contributed by atoms with Crippen LogP contribution in [0.25, 0.3) is 16.1 Å². The minimum absolute atomic E-state index is 0.488. The van der Waals surface area contributed by atoms with E-state index in [2.05, 4.69) is 5.10 Å². The summed E-state index contributed by atoms with van der Waals surface area (Å²) in [5.41, 5.74) is 2.73. The summed E-state index contributed by atoms with van der Waals surface area (Å²) in [4.78, 5) is 0.988. The summed E-state index contributed by atoms with van der Waals surface area (Å²) < 4.78 is 23.4. The Labute approximate surface area is 138 Å². The van der Waals surface area contributed by atoms with Gasteiger partial charge in [-0.05, 0) is 17.7 Å². The van der Waals surface area contributed by atoms with E-state index in [-0.39, 0.29) is 0 Å². The van der Waals surface area contributed by atoms with Crippen molar-refractivity contribution in [2.75, 3.05) is 28.4 Å². The third-order valence-electron chi connectivity index (χ3n) is 3.52. The standard InChI is InChI=1S/C16H18N2O4S/c1-19-8-10-5-12(20-2)16(13(6-10)21-3)11-9-23-15-7-14(22-4)17-18(11)15/h5-7,9H,8H2,1-4H3. The molecule has 6 nitrogen and oxygen atoms in total. The van der Waals surface area contributed by atoms with Crippen molar-refractivity contribution in [3.05, 3.63) is 29.1 Å². The summed E-state index contributed by atoms with van der Waals surface area (Å²) in [5, 5.41) is 6.47. The van der Waals surface area contributed by atoms with Crippen LogP contribution in [0.15, 0.2) is 23.6 Å². The number of hydrogen-bond acceptors (Lipinski definition) is 6. The molecule has 3 aromatic rings. The Morgan fingerprint density at radius 2 is 1.70 bits per heavy atom. The van der Waals surface area contributed by atoms with E-state index in [1.54, 1.807) is 39.8 Å². The van der Waals surface area contributed by atoms with Crippen molar-refractivity contribution in [1.29, 1.82) is 0 Å². The van der Waals surface area contributed by atoms with Gasteiger partial charge in [0, 0.05) is 18.6 Å². The zero-order chi connectivity index (χ0) is 16.4. The lowest BCUT2D eigenvalue weighted by molar-refractivity contribution is 0.184. The van der Waals surface area contributed by atoms with Gasteiger partial charge in [-0.15, -0.1) is 16.4 Å². The lowest BCUT2D eigenvalue weighted by Crippen LogP contribution is -1.99. The molecule has 0 aliphatic carbocycles. The Hall–Kier alpha value is -2.25. The van der Waals surface area contributed by atoms with E-state index in [9.17, 15) is 0 Å². The molecule has 0 saturated heterocycles. The first-order chi connectivity index (χ1) is 11.2. The molecule has 0 saturated carbocycles. The molecule has 0 unspecified atom stereocenters. The van der Waals surface area contributed by atoms with Gasteiger partial charge in [-0.2, -0.15) is 0 Å². The predicted octanol–water partition coefficient (Wildman–Crippen LogP) is 3.24. The van der Waals surface area contributed by atoms with Crippen molar-refractivity contribution in [3.63, 3.8) is 0 Å². The van der Waals surface area contributed by atoms with Gasteiger partial charge in [-0.1, -0.05) is 0 Å². The summed E-state index contributed by atoms with van der Waals surface area (Å²) in [6, 6.07) is 5.80. The van der Waals surface area contributed by atoms with Gasteiger partial charge in [-0.25, -0.2) is 4.52 Å². The number of nitrogens with zero attached hydrogens (tertiary/aromatic N) is 2. The Morgan fingerprint density at radius 1 is 1.00 bits per heavy atom. The summed E-state index contributed by atoms with van der Waals surface area (Å²) in [6.45, 7) is 0.488. The molecule has 0 amide bonds. The van der Waals surface area contributed by atoms with Crippen LogP contribution in [0.3, 0.4) is 0 Å². The van der Waals surface area contributed by atoms with Gasteiger partial charge in [0.2, 0.25) is 5.88 Å². The quantitative estimate of drug-likeness (QED) is 0.693. The second-order valence-electron chi connectivity index (χ2n) is 4.87. The average Bonchev–Trinajstić information content (AvgIpc) is 3.14. The number of thiazole rings is 1. The van der Waals surface area contributed by atoms with Crippen molar-refractivity contribution < 1.29 is 18.9 Å². The zero-order valence-electron chi connectivity index (χ0n) is 13.5. The number of aromatic nitrogens is 2. The Kier molecular flexibility index (Phi) is 4.40. The number of hydrogen-bond donors (Lipinski definition) is 0. The van der Waals surface area contributed by atoms with Crippen molar-refractivity contribution in [2.45, 2.75) is 6.61 Å². The fourth-order valence-electron chi connectivity index (χ4n) is 2.50. The zero-order valence-corrected chi connectivity index (χ0v) is 14.3. The van der Waals surface area contributed by atoms with Crippen LogP contribution in [0.2, 0.25) is 0 Å². The SMILES string of the molecule is COCc1cc(OC)c(-c2csc3cc(OC)nn23)c(OC)c1. The van der Waals surface area contributed by atoms with Gasteiger partial charge >= 0.3 is 0 Å². The monoisotopic (exact) mass is 334 g/mol. The number of fused-ring (bicyclic) bond motifs is 1. The third kappa shape index (κ3) is 2.73. The van der Waals surface area contributed by atoms with Gasteiger partial charge in [0.05, 0.1) is 39.2 Å². The average molecular weight is 334 g/mol. The van der Waals surface area contributed by atoms with Crippen LogP contribution in [0.5, 0.6) is 17.4 Å². The Bertz CT molecular complexity index is 800. The molecule has 0 N–H and O–H groups in total. The fraction of sp³-hybridized carbons (Fsp3) is 0.312. The number of benzene rings is 1. The van der Waals surface area contributed by atoms with Crippen molar-refractivity contribution in [2.24, 2.45) is 0 Å². The highest BCUT2D eigenvalue weighted by atomic mass is 32.1. The fourth-order valence-corrected chi connectivity index (χ4v) is 3.36. The summed E-state index contributed by atoms with van der Waals surface area (Å²) >= 11 is 1.58. The number of ether oxygens (including phenoxy) is 4. The van der Waals surface area contributed by atoms with E-state index in [0.717, 1.165) is 21.7 Å². The van der Waals surface area contributed by atoms with Gasteiger partial charge in [0.1, 0.15) is 16.3 Å². The van der Waals surface area contributed by atoms with Crippen molar-refractivity contribution in [3.8, 4) is 28.6 Å². The molecular formula is C16H18N2O4S. The van der Waals surface area contributed by atoms with Crippen LogP contribution in [0.1, 0.15) is 5.56 Å². The van der Waals surface area contributed by atoms with E-state index in [0.29, 0.717) is 24.0 Å². The Morgan fingerprint density at radius 3 is 2.26 bits per heavy atom. The molecular weight excluding hydrogens is 316 g/mol. The van der Waals surface area contributed by atoms with Crippen LogP contribution in [0, 0.1) is 0 Å². The molecule has 0 radical (unpaired) electrons. The summed E-state index contributed by atoms with van der Waals surface area (Å²) in [7, 11) is 6.54. The lowest BCUT2D eigenvalue weighted by Gasteiger charge is -2.14. The second-order valence-corrected chi connectivity index (χ2v) is 5.76. The topological polar surface area (TPSA) is 54.2 Å². The summed E-state index contributed by atoms with van der Waals surface area (Å²) in [5.74, 6) is 2.00. The number of rotatable bonds is 6. The molecule has 23 heavy (non-hydrogen) atoms. The molecule has 122 valence electrons. The maximum atomic E-state index is 5.58. The van der Waals surface area contributed by atoms with Gasteiger partial charge in [-0.3, -0.25) is 0 Å². The van der Waals surface area contributed by atoms with E-state index in [4.69, 9.17) is 18.9 Å². The van der Waals surface area contributed by atoms with Gasteiger partial charge < -0.3 is 18.9 Å². The third-order valence-corrected chi connectivity index (χ3v) is 4.39. The minimum atomic E-state index is 0.488. The first-order valence-corrected chi connectivity index (χ1v) is 7.85. The Balaban J connectivity index is 2.21. The van der Waals surface area contributed by atoms with E-state index in [1.807, 2.05) is 28.1 Å². The van der Waals surface area contributed by atoms with E-state index in [1.165, 1.54) is 0 Å². The van der Waals surface area contributed by atoms with Crippen LogP contribution >= 0.6 is 11.3 Å². The largest absolute Gasteiger partial charge is 0.496 e. The van der Waals surface area contributed by atoms with Crippen LogP contribution in [-0.2, 0) is 11.3 Å². The molecule has 0 atom stereocenters. The normalized spacial score (nSPS) is 11.0. The number of methoxy groups -OCH3 is 4. The first kappa shape index (κ1) is 15.6. The lowest BCUT2D eigenvalue weighted by atomic mass is 10.1. The van der Waals surface area contributed by atoms with Crippen molar-refractivity contribution in [1.82, 2.24) is 9.61 Å². The predicted molar refractivity (Wildman–Crippen MR) is 88.9 cm³/mol. The minimum Gasteiger partial charge on any atom is -0.496 e. The van der Waals surface area contributed by atoms with Gasteiger partial charge in [0.25, 0.3) is 0 Å². The van der Waals surface area contributed by atoms with Crippen molar-refractivity contribution >= 4 is 16.2 Å². The molecule has 7 heteroatoms. The summed E-state index contributed by atoms with van der Waals surface area (Å²) in [6.07, 6.45) is 0. The maximum absolute atomic E-state index is 5.58. The molecule has 0 aliphatic heterocycles. The molecule has 1 aromatic carbocycles. The van der Waals surface area contributed by atoms with Crippen LogP contribution in [0.4, 0.5) is 0 Å². The molecule has 2 aromatic heterocycles. The molecule has 0 spiro atoms. The first-order valence-electron chi connectivity index (χ1n) is 6.97. The van der Waals surface area contributed by atoms with Crippen LogP contribution < -0.4 is 14.2 Å². The highest BCUT2D eigenvalue weighted by molar-refractivity contribution is 7.16. The van der Waals surface area contributed by atoms with Gasteiger partial charge in [0.15, 0.2) is 0 Å². The highest BCUT2D eigenvalue weighted by Gasteiger charge is 2.20. The molecule has 0 aliphatic rings. The molecule has 3 rings (SSSR count). The second kappa shape index (κ2) is 6.47.